The van der Waals surface area contributed by atoms with E-state index >= 15 is 0 Å². The molecule has 0 bridgehead atoms. The molecule has 1 unspecified atom stereocenters. The van der Waals surface area contributed by atoms with Crippen LogP contribution < -0.4 is 9.47 Å². The highest BCUT2D eigenvalue weighted by Gasteiger charge is 2.18. The molecule has 120 valence electrons. The summed E-state index contributed by atoms with van der Waals surface area (Å²) in [4.78, 5) is 2.32. The average Bonchev–Trinajstić information content (AvgIpc) is 2.48. The molecule has 1 aliphatic heterocycles. The Kier molecular flexibility index (Phi) is 7.86. The molecule has 0 amide bonds. The number of halogens is 1. The molecule has 0 radical (unpaired) electrons. The van der Waals surface area contributed by atoms with Gasteiger partial charge in [-0.25, -0.2) is 0 Å². The summed E-state index contributed by atoms with van der Waals surface area (Å²) >= 11 is 0. The van der Waals surface area contributed by atoms with Gasteiger partial charge in [0.15, 0.2) is 11.5 Å². The van der Waals surface area contributed by atoms with Gasteiger partial charge in [0.2, 0.25) is 0 Å². The second kappa shape index (κ2) is 9.13. The van der Waals surface area contributed by atoms with Crippen LogP contribution in [0.4, 0.5) is 0 Å². The molecule has 1 N–H and O–H groups in total. The maximum atomic E-state index is 10.1. The highest BCUT2D eigenvalue weighted by atomic mass is 35.5. The van der Waals surface area contributed by atoms with Crippen molar-refractivity contribution in [1.29, 1.82) is 0 Å². The number of piperidine rings is 1. The van der Waals surface area contributed by atoms with Crippen molar-refractivity contribution in [3.8, 4) is 11.5 Å². The first-order chi connectivity index (χ1) is 9.69. The smallest absolute Gasteiger partial charge is 0.161 e. The fourth-order valence-corrected chi connectivity index (χ4v) is 2.52. The van der Waals surface area contributed by atoms with Crippen molar-refractivity contribution in [2.75, 3.05) is 33.4 Å². The number of methoxy groups -OCH3 is 1. The van der Waals surface area contributed by atoms with Crippen LogP contribution >= 0.6 is 12.4 Å². The minimum Gasteiger partial charge on any atom is -0.493 e. The minimum absolute atomic E-state index is 0. The second-order valence-corrected chi connectivity index (χ2v) is 5.60. The summed E-state index contributed by atoms with van der Waals surface area (Å²) in [6.07, 6.45) is 1.98. The van der Waals surface area contributed by atoms with E-state index in [0.29, 0.717) is 24.7 Å². The Hall–Kier alpha value is -0.970. The standard InChI is InChI=1S/C16H25NO3.ClH/c1-13-7-9-17(10-8-13)11-14(18)12-20-16-6-4-3-5-15(16)19-2;/h3-6,13-14,18H,7-12H2,1-2H3;1H. The quantitative estimate of drug-likeness (QED) is 0.876. The fraction of sp³-hybridized carbons (Fsp3) is 0.625. The van der Waals surface area contributed by atoms with E-state index in [1.165, 1.54) is 12.8 Å². The van der Waals surface area contributed by atoms with Crippen LogP contribution in [0, 0.1) is 5.92 Å². The van der Waals surface area contributed by atoms with Crippen LogP contribution in [-0.2, 0) is 0 Å². The highest BCUT2D eigenvalue weighted by molar-refractivity contribution is 5.85. The number of β-amino-alcohol motifs (C(OH)–C–C–N with tert-alkyl or cyclic N) is 1. The number of likely N-dealkylation sites (tertiary alicyclic amines) is 1. The Bertz CT molecular complexity index is 408. The van der Waals surface area contributed by atoms with Crippen LogP contribution in [0.25, 0.3) is 0 Å². The third-order valence-corrected chi connectivity index (χ3v) is 3.85. The van der Waals surface area contributed by atoms with Crippen molar-refractivity contribution in [3.05, 3.63) is 24.3 Å². The Balaban J connectivity index is 0.00000220. The zero-order chi connectivity index (χ0) is 14.4. The molecule has 1 aromatic carbocycles. The number of rotatable bonds is 6. The van der Waals surface area contributed by atoms with Crippen LogP contribution in [0.2, 0.25) is 0 Å². The van der Waals surface area contributed by atoms with Gasteiger partial charge in [0.25, 0.3) is 0 Å². The lowest BCUT2D eigenvalue weighted by molar-refractivity contribution is 0.0555. The molecule has 0 spiro atoms. The molecule has 5 heteroatoms. The molecule has 0 saturated carbocycles. The van der Waals surface area contributed by atoms with Crippen molar-refractivity contribution in [2.24, 2.45) is 5.92 Å². The molecular formula is C16H26ClNO3. The molecular weight excluding hydrogens is 290 g/mol. The first kappa shape index (κ1) is 18.1. The molecule has 1 aromatic rings. The number of benzene rings is 1. The number of aliphatic hydroxyl groups excluding tert-OH is 1. The van der Waals surface area contributed by atoms with Crippen molar-refractivity contribution < 1.29 is 14.6 Å². The summed E-state index contributed by atoms with van der Waals surface area (Å²) in [6, 6.07) is 7.51. The number of aliphatic hydroxyl groups is 1. The van der Waals surface area contributed by atoms with E-state index in [0.717, 1.165) is 19.0 Å². The molecule has 0 aliphatic carbocycles. The van der Waals surface area contributed by atoms with Crippen molar-refractivity contribution >= 4 is 12.4 Å². The van der Waals surface area contributed by atoms with Crippen LogP contribution in [0.1, 0.15) is 19.8 Å². The first-order valence-corrected chi connectivity index (χ1v) is 7.35. The number of hydrogen-bond donors (Lipinski definition) is 1. The van der Waals surface area contributed by atoms with Gasteiger partial charge in [0.05, 0.1) is 7.11 Å². The lowest BCUT2D eigenvalue weighted by Gasteiger charge is -2.31. The number of ether oxygens (including phenoxy) is 2. The summed E-state index contributed by atoms with van der Waals surface area (Å²) in [7, 11) is 1.62. The van der Waals surface area contributed by atoms with E-state index in [4.69, 9.17) is 9.47 Å². The third-order valence-electron chi connectivity index (χ3n) is 3.85. The molecule has 1 heterocycles. The van der Waals surface area contributed by atoms with Crippen LogP contribution in [0.15, 0.2) is 24.3 Å². The summed E-state index contributed by atoms with van der Waals surface area (Å²) in [5.74, 6) is 2.20. The van der Waals surface area contributed by atoms with E-state index in [-0.39, 0.29) is 12.4 Å². The van der Waals surface area contributed by atoms with Crippen LogP contribution in [0.5, 0.6) is 11.5 Å². The van der Waals surface area contributed by atoms with E-state index in [9.17, 15) is 5.11 Å². The Labute approximate surface area is 133 Å². The molecule has 1 saturated heterocycles. The predicted octanol–water partition coefficient (Wildman–Crippen LogP) is 2.59. The lowest BCUT2D eigenvalue weighted by Crippen LogP contribution is -2.40. The van der Waals surface area contributed by atoms with Gasteiger partial charge in [-0.15, -0.1) is 12.4 Å². The molecule has 0 aromatic heterocycles. The van der Waals surface area contributed by atoms with Crippen molar-refractivity contribution in [2.45, 2.75) is 25.9 Å². The largest absolute Gasteiger partial charge is 0.493 e. The van der Waals surface area contributed by atoms with E-state index in [1.807, 2.05) is 24.3 Å². The normalized spacial score (nSPS) is 17.9. The molecule has 4 nitrogen and oxygen atoms in total. The van der Waals surface area contributed by atoms with E-state index < -0.39 is 6.10 Å². The van der Waals surface area contributed by atoms with Crippen molar-refractivity contribution in [1.82, 2.24) is 4.90 Å². The number of nitrogens with zero attached hydrogens (tertiary/aromatic N) is 1. The first-order valence-electron chi connectivity index (χ1n) is 7.35. The molecule has 1 aliphatic rings. The van der Waals surface area contributed by atoms with Gasteiger partial charge in [0.1, 0.15) is 12.7 Å². The SMILES string of the molecule is COc1ccccc1OCC(O)CN1CCC(C)CC1.Cl. The summed E-state index contributed by atoms with van der Waals surface area (Å²) < 4.78 is 10.9. The van der Waals surface area contributed by atoms with Gasteiger partial charge >= 0.3 is 0 Å². The van der Waals surface area contributed by atoms with Gasteiger partial charge in [-0.2, -0.15) is 0 Å². The maximum Gasteiger partial charge on any atom is 0.161 e. The third kappa shape index (κ3) is 5.73. The Morgan fingerprint density at radius 1 is 1.24 bits per heavy atom. The van der Waals surface area contributed by atoms with E-state index in [2.05, 4.69) is 11.8 Å². The number of hydrogen-bond acceptors (Lipinski definition) is 4. The van der Waals surface area contributed by atoms with Gasteiger partial charge in [-0.1, -0.05) is 19.1 Å². The van der Waals surface area contributed by atoms with E-state index in [1.54, 1.807) is 7.11 Å². The highest BCUT2D eigenvalue weighted by Crippen LogP contribution is 2.25. The van der Waals surface area contributed by atoms with Gasteiger partial charge in [-0.05, 0) is 44.0 Å². The monoisotopic (exact) mass is 315 g/mol. The Morgan fingerprint density at radius 3 is 2.48 bits per heavy atom. The second-order valence-electron chi connectivity index (χ2n) is 5.60. The molecule has 2 rings (SSSR count). The maximum absolute atomic E-state index is 10.1. The summed E-state index contributed by atoms with van der Waals surface area (Å²) in [5.41, 5.74) is 0. The van der Waals surface area contributed by atoms with Gasteiger partial charge in [-0.3, -0.25) is 0 Å². The zero-order valence-electron chi connectivity index (χ0n) is 12.8. The summed E-state index contributed by atoms with van der Waals surface area (Å²) in [5, 5.41) is 10.1. The Morgan fingerprint density at radius 2 is 1.86 bits per heavy atom. The fourth-order valence-electron chi connectivity index (χ4n) is 2.52. The minimum atomic E-state index is -0.465. The molecule has 21 heavy (non-hydrogen) atoms. The molecule has 1 atom stereocenters. The molecule has 1 fully saturated rings. The predicted molar refractivity (Wildman–Crippen MR) is 86.6 cm³/mol. The van der Waals surface area contributed by atoms with Crippen LogP contribution in [0.3, 0.4) is 0 Å². The zero-order valence-corrected chi connectivity index (χ0v) is 13.6. The van der Waals surface area contributed by atoms with Gasteiger partial charge < -0.3 is 19.5 Å². The van der Waals surface area contributed by atoms with Gasteiger partial charge in [0, 0.05) is 6.54 Å². The number of para-hydroxylation sites is 2. The average molecular weight is 316 g/mol. The lowest BCUT2D eigenvalue weighted by atomic mass is 9.99. The topological polar surface area (TPSA) is 41.9 Å². The van der Waals surface area contributed by atoms with Crippen LogP contribution in [-0.4, -0.2) is 49.5 Å². The summed E-state index contributed by atoms with van der Waals surface area (Å²) in [6.45, 7) is 5.42. The van der Waals surface area contributed by atoms with Crippen molar-refractivity contribution in [3.63, 3.8) is 0 Å².